The highest BCUT2D eigenvalue weighted by Gasteiger charge is 2.08. The Morgan fingerprint density at radius 2 is 0.875 bits per heavy atom. The average molecular weight is 533 g/mol. The van der Waals surface area contributed by atoms with Gasteiger partial charge in [-0.2, -0.15) is 0 Å². The van der Waals surface area contributed by atoms with E-state index in [1.807, 2.05) is 24.3 Å². The summed E-state index contributed by atoms with van der Waals surface area (Å²) in [6, 6.07) is 29.7. The van der Waals surface area contributed by atoms with Gasteiger partial charge in [-0.1, -0.05) is 98.1 Å². The van der Waals surface area contributed by atoms with Crippen molar-refractivity contribution in [3.8, 4) is 0 Å². The lowest BCUT2D eigenvalue weighted by Crippen LogP contribution is -2.04. The van der Waals surface area contributed by atoms with Crippen LogP contribution in [0.2, 0.25) is 0 Å². The number of carbonyl (C=O) groups excluding carboxylic acids is 2. The molecule has 0 bridgehead atoms. The zero-order chi connectivity index (χ0) is 28.5. The predicted octanol–water partition coefficient (Wildman–Crippen LogP) is 7.65. The van der Waals surface area contributed by atoms with Crippen molar-refractivity contribution in [3.05, 3.63) is 143 Å². The fourth-order valence-electron chi connectivity index (χ4n) is 4.58. The Hall–Kier alpha value is -4.44. The molecule has 0 spiro atoms. The molecule has 0 aromatic heterocycles. The Kier molecular flexibility index (Phi) is 9.69. The second-order valence-electron chi connectivity index (χ2n) is 10.3. The van der Waals surface area contributed by atoms with Gasteiger partial charge < -0.3 is 9.47 Å². The Balaban J connectivity index is 1.36. The topological polar surface area (TPSA) is 52.6 Å². The van der Waals surface area contributed by atoms with Gasteiger partial charge in [0.2, 0.25) is 0 Å². The summed E-state index contributed by atoms with van der Waals surface area (Å²) >= 11 is 0. The number of benzene rings is 4. The summed E-state index contributed by atoms with van der Waals surface area (Å²) in [5, 5.41) is 2.61. The van der Waals surface area contributed by atoms with Gasteiger partial charge >= 0.3 is 11.9 Å². The van der Waals surface area contributed by atoms with E-state index >= 15 is 0 Å². The quantitative estimate of drug-likeness (QED) is 0.139. The van der Waals surface area contributed by atoms with Gasteiger partial charge in [0.15, 0.2) is 0 Å². The number of ether oxygens (including phenoxy) is 2. The number of rotatable bonds is 12. The van der Waals surface area contributed by atoms with Crippen LogP contribution in [0.15, 0.2) is 109 Å². The van der Waals surface area contributed by atoms with E-state index in [0.29, 0.717) is 11.1 Å². The van der Waals surface area contributed by atoms with Crippen LogP contribution < -0.4 is 0 Å². The molecule has 0 heterocycles. The first kappa shape index (κ1) is 28.6. The normalized spacial score (nSPS) is 10.8. The fourth-order valence-corrected chi connectivity index (χ4v) is 4.58. The van der Waals surface area contributed by atoms with Crippen molar-refractivity contribution in [3.63, 3.8) is 0 Å². The van der Waals surface area contributed by atoms with Crippen molar-refractivity contribution < 1.29 is 19.1 Å². The zero-order valence-electron chi connectivity index (χ0n) is 23.4. The minimum Gasteiger partial charge on any atom is -0.457 e. The summed E-state index contributed by atoms with van der Waals surface area (Å²) in [6.07, 6.45) is 3.76. The van der Waals surface area contributed by atoms with Crippen molar-refractivity contribution in [2.45, 2.75) is 52.7 Å². The zero-order valence-corrected chi connectivity index (χ0v) is 23.4. The molecule has 0 radical (unpaired) electrons. The lowest BCUT2D eigenvalue weighted by atomic mass is 9.93. The van der Waals surface area contributed by atoms with Gasteiger partial charge in [0.25, 0.3) is 0 Å². The Bertz CT molecular complexity index is 1390. The van der Waals surface area contributed by atoms with Crippen molar-refractivity contribution >= 4 is 22.7 Å². The van der Waals surface area contributed by atoms with Crippen LogP contribution in [0, 0.1) is 0 Å². The molecule has 204 valence electrons. The van der Waals surface area contributed by atoms with Gasteiger partial charge in [-0.15, -0.1) is 0 Å². The van der Waals surface area contributed by atoms with Crippen LogP contribution in [0.25, 0.3) is 10.8 Å². The van der Waals surface area contributed by atoms with Gasteiger partial charge in [0, 0.05) is 11.1 Å². The van der Waals surface area contributed by atoms with Crippen LogP contribution in [0.5, 0.6) is 0 Å². The third-order valence-electron chi connectivity index (χ3n) is 6.95. The lowest BCUT2D eigenvalue weighted by Gasteiger charge is -2.12. The average Bonchev–Trinajstić information content (AvgIpc) is 2.97. The van der Waals surface area contributed by atoms with Gasteiger partial charge in [-0.3, -0.25) is 0 Å². The van der Waals surface area contributed by atoms with Gasteiger partial charge in [-0.25, -0.2) is 9.59 Å². The molecule has 4 aromatic carbocycles. The summed E-state index contributed by atoms with van der Waals surface area (Å²) in [4.78, 5) is 23.2. The second kappa shape index (κ2) is 13.6. The Morgan fingerprint density at radius 1 is 0.525 bits per heavy atom. The molecule has 0 atom stereocenters. The molecular formula is C36H36O4. The molecule has 0 saturated carbocycles. The number of esters is 2. The van der Waals surface area contributed by atoms with Crippen molar-refractivity contribution in [1.82, 2.24) is 0 Å². The SMILES string of the molecule is C=C(C)C(=O)OCc1ccc(CCc2cccc3c(CCc4ccc(COC(=O)C(=C)C)cc4)cccc23)cc1. The predicted molar refractivity (Wildman–Crippen MR) is 161 cm³/mol. The molecule has 4 heteroatoms. The third-order valence-corrected chi connectivity index (χ3v) is 6.95. The molecular weight excluding hydrogens is 496 g/mol. The van der Waals surface area contributed by atoms with Crippen LogP contribution in [-0.2, 0) is 58.0 Å². The number of fused-ring (bicyclic) bond motifs is 1. The van der Waals surface area contributed by atoms with E-state index in [-0.39, 0.29) is 25.2 Å². The number of hydrogen-bond donors (Lipinski definition) is 0. The Labute approximate surface area is 237 Å². The van der Waals surface area contributed by atoms with Crippen LogP contribution in [0.3, 0.4) is 0 Å². The van der Waals surface area contributed by atoms with Gasteiger partial charge in [-0.05, 0) is 83.7 Å². The molecule has 0 aliphatic heterocycles. The Morgan fingerprint density at radius 3 is 1.23 bits per heavy atom. The smallest absolute Gasteiger partial charge is 0.333 e. The first-order valence-electron chi connectivity index (χ1n) is 13.6. The molecule has 0 saturated heterocycles. The van der Waals surface area contributed by atoms with E-state index in [1.54, 1.807) is 13.8 Å². The van der Waals surface area contributed by atoms with Crippen LogP contribution in [-0.4, -0.2) is 11.9 Å². The summed E-state index contributed by atoms with van der Waals surface area (Å²) in [5.41, 5.74) is 7.93. The first-order chi connectivity index (χ1) is 19.3. The second-order valence-corrected chi connectivity index (χ2v) is 10.3. The van der Waals surface area contributed by atoms with Crippen molar-refractivity contribution in [1.29, 1.82) is 0 Å². The summed E-state index contributed by atoms with van der Waals surface area (Å²) < 4.78 is 10.5. The highest BCUT2D eigenvalue weighted by atomic mass is 16.5. The van der Waals surface area contributed by atoms with Crippen LogP contribution in [0.1, 0.15) is 47.2 Å². The van der Waals surface area contributed by atoms with Crippen LogP contribution >= 0.6 is 0 Å². The van der Waals surface area contributed by atoms with E-state index in [9.17, 15) is 9.59 Å². The summed E-state index contributed by atoms with van der Waals surface area (Å²) in [7, 11) is 0. The van der Waals surface area contributed by atoms with E-state index < -0.39 is 0 Å². The minimum atomic E-state index is -0.365. The molecule has 0 N–H and O–H groups in total. The lowest BCUT2D eigenvalue weighted by molar-refractivity contribution is -0.141. The fraction of sp³-hybridized carbons (Fsp3) is 0.222. The minimum absolute atomic E-state index is 0.257. The van der Waals surface area contributed by atoms with Crippen molar-refractivity contribution in [2.75, 3.05) is 0 Å². The van der Waals surface area contributed by atoms with Crippen LogP contribution in [0.4, 0.5) is 0 Å². The molecule has 0 amide bonds. The molecule has 0 aliphatic carbocycles. The summed E-state index contributed by atoms with van der Waals surface area (Å²) in [5.74, 6) is -0.729. The maximum absolute atomic E-state index is 11.6. The molecule has 40 heavy (non-hydrogen) atoms. The van der Waals surface area contributed by atoms with Crippen molar-refractivity contribution in [2.24, 2.45) is 0 Å². The standard InChI is InChI=1S/C36H36O4/c1-25(2)35(37)39-23-29-15-11-27(12-16-29)19-21-31-7-5-10-34-32(8-6-9-33(31)34)22-20-28-13-17-30(18-14-28)24-40-36(38)26(3)4/h5-18H,1,3,19-24H2,2,4H3. The van der Waals surface area contributed by atoms with Gasteiger partial charge in [0.05, 0.1) is 0 Å². The first-order valence-corrected chi connectivity index (χ1v) is 13.6. The molecule has 0 unspecified atom stereocenters. The van der Waals surface area contributed by atoms with Gasteiger partial charge in [0.1, 0.15) is 13.2 Å². The number of carbonyl (C=O) groups is 2. The number of aryl methyl sites for hydroxylation is 4. The largest absolute Gasteiger partial charge is 0.457 e. The van der Waals surface area contributed by atoms with E-state index in [0.717, 1.165) is 36.8 Å². The highest BCUT2D eigenvalue weighted by molar-refractivity contribution is 5.89. The molecule has 4 rings (SSSR count). The van der Waals surface area contributed by atoms with E-state index in [4.69, 9.17) is 9.47 Å². The van der Waals surface area contributed by atoms with E-state index in [2.05, 4.69) is 73.8 Å². The summed E-state index contributed by atoms with van der Waals surface area (Å²) in [6.45, 7) is 11.0. The molecule has 0 fully saturated rings. The number of hydrogen-bond acceptors (Lipinski definition) is 4. The highest BCUT2D eigenvalue weighted by Crippen LogP contribution is 2.25. The maximum atomic E-state index is 11.6. The maximum Gasteiger partial charge on any atom is 0.333 e. The monoisotopic (exact) mass is 532 g/mol. The van der Waals surface area contributed by atoms with E-state index in [1.165, 1.54) is 33.0 Å². The molecule has 4 nitrogen and oxygen atoms in total. The molecule has 0 aliphatic rings. The molecule has 4 aromatic rings. The third kappa shape index (κ3) is 7.79.